The van der Waals surface area contributed by atoms with Crippen LogP contribution in [0.1, 0.15) is 251 Å². The van der Waals surface area contributed by atoms with E-state index in [-0.39, 0.29) is 12.5 Å². The Bertz CT molecular complexity index is 1480. The minimum Gasteiger partial charge on any atom is -0.394 e. The molecule has 1 aliphatic heterocycles. The quantitative estimate of drug-likeness (QED) is 0.0261. The maximum atomic E-state index is 13.1. The van der Waals surface area contributed by atoms with Crippen LogP contribution in [-0.4, -0.2) is 87.5 Å². The molecule has 426 valence electrons. The number of hydrogen-bond donors (Lipinski definition) is 6. The van der Waals surface area contributed by atoms with Crippen molar-refractivity contribution in [2.24, 2.45) is 0 Å². The summed E-state index contributed by atoms with van der Waals surface area (Å²) in [5.41, 5.74) is 0. The number of rotatable bonds is 51. The average molecular weight is 1040 g/mol. The maximum absolute atomic E-state index is 13.1. The van der Waals surface area contributed by atoms with Crippen LogP contribution in [-0.2, 0) is 14.3 Å². The Balaban J connectivity index is 2.15. The summed E-state index contributed by atoms with van der Waals surface area (Å²) >= 11 is 0. The Morgan fingerprint density at radius 3 is 1.30 bits per heavy atom. The van der Waals surface area contributed by atoms with Gasteiger partial charge in [0.05, 0.1) is 25.4 Å². The van der Waals surface area contributed by atoms with Gasteiger partial charge in [0, 0.05) is 6.42 Å². The van der Waals surface area contributed by atoms with Crippen molar-refractivity contribution in [3.63, 3.8) is 0 Å². The van der Waals surface area contributed by atoms with Gasteiger partial charge in [0.25, 0.3) is 0 Å². The summed E-state index contributed by atoms with van der Waals surface area (Å²) in [4.78, 5) is 13.1. The first-order valence-corrected chi connectivity index (χ1v) is 30.5. The van der Waals surface area contributed by atoms with Gasteiger partial charge < -0.3 is 40.3 Å². The van der Waals surface area contributed by atoms with E-state index >= 15 is 0 Å². The molecule has 0 spiro atoms. The molecular weight excluding hydrogens is 923 g/mol. The fourth-order valence-corrected chi connectivity index (χ4v) is 9.12. The lowest BCUT2D eigenvalue weighted by molar-refractivity contribution is -0.302. The Kier molecular flexibility index (Phi) is 50.0. The van der Waals surface area contributed by atoms with Crippen LogP contribution in [0.2, 0.25) is 0 Å². The van der Waals surface area contributed by atoms with E-state index < -0.39 is 49.5 Å². The minimum atomic E-state index is -1.58. The standard InChI is InChI=1S/C65H113NO8/c1-3-5-7-9-11-13-15-17-19-21-22-23-24-25-26-27-28-29-30-31-32-33-34-35-36-37-38-39-41-43-45-47-49-51-53-55-61(69)66-58(57-73-65-64(72)63(71)62(70)60(56-67)74-65)59(68)54-52-50-48-46-44-42-40-20-18-16-14-12-10-8-6-4-2/h5,7,11,13,17,19,22-23,25-26,28-29,44,46,52,54,58-60,62-65,67-68,70-72H,3-4,6,8-10,12,14-16,18,20-21,24,27,30-43,45,47-51,53,55-57H2,1-2H3,(H,66,69)/b7-5-,13-11-,19-17-,23-22-,26-25-,29-28-,46-44+,54-52+. The van der Waals surface area contributed by atoms with Gasteiger partial charge in [-0.3, -0.25) is 4.79 Å². The second-order valence-corrected chi connectivity index (χ2v) is 20.8. The number of aliphatic hydroxyl groups is 5. The van der Waals surface area contributed by atoms with Crippen LogP contribution in [0, 0.1) is 0 Å². The largest absolute Gasteiger partial charge is 0.394 e. The van der Waals surface area contributed by atoms with Gasteiger partial charge in [-0.25, -0.2) is 0 Å². The number of hydrogen-bond acceptors (Lipinski definition) is 8. The molecule has 1 rings (SSSR count). The summed E-state index contributed by atoms with van der Waals surface area (Å²) < 4.78 is 11.3. The summed E-state index contributed by atoms with van der Waals surface area (Å²) in [5, 5.41) is 54.5. The predicted octanol–water partition coefficient (Wildman–Crippen LogP) is 15.6. The summed E-state index contributed by atoms with van der Waals surface area (Å²) in [7, 11) is 0. The van der Waals surface area contributed by atoms with E-state index in [0.29, 0.717) is 6.42 Å². The van der Waals surface area contributed by atoms with Crippen molar-refractivity contribution < 1.29 is 39.8 Å². The summed E-state index contributed by atoms with van der Waals surface area (Å²) in [6.45, 7) is 3.65. The molecule has 1 fully saturated rings. The second kappa shape index (κ2) is 53.5. The van der Waals surface area contributed by atoms with E-state index in [1.807, 2.05) is 6.08 Å². The summed E-state index contributed by atoms with van der Waals surface area (Å²) in [6, 6.07) is -0.826. The molecule has 0 aromatic heterocycles. The molecule has 9 nitrogen and oxygen atoms in total. The van der Waals surface area contributed by atoms with Crippen molar-refractivity contribution in [1.29, 1.82) is 0 Å². The fraction of sp³-hybridized carbons (Fsp3) is 0.738. The van der Waals surface area contributed by atoms with Gasteiger partial charge in [-0.15, -0.1) is 0 Å². The van der Waals surface area contributed by atoms with Crippen molar-refractivity contribution in [1.82, 2.24) is 5.32 Å². The first-order valence-electron chi connectivity index (χ1n) is 30.5. The van der Waals surface area contributed by atoms with Gasteiger partial charge in [-0.05, 0) is 83.5 Å². The molecule has 0 radical (unpaired) electrons. The van der Waals surface area contributed by atoms with E-state index in [4.69, 9.17) is 9.47 Å². The van der Waals surface area contributed by atoms with Crippen LogP contribution in [0.3, 0.4) is 0 Å². The number of allylic oxidation sites excluding steroid dienone is 15. The maximum Gasteiger partial charge on any atom is 0.220 e. The van der Waals surface area contributed by atoms with Crippen molar-refractivity contribution in [3.05, 3.63) is 97.2 Å². The van der Waals surface area contributed by atoms with Gasteiger partial charge in [-0.1, -0.05) is 259 Å². The third-order valence-corrected chi connectivity index (χ3v) is 13.9. The predicted molar refractivity (Wildman–Crippen MR) is 313 cm³/mol. The van der Waals surface area contributed by atoms with Gasteiger partial charge in [0.1, 0.15) is 24.4 Å². The summed E-state index contributed by atoms with van der Waals surface area (Å²) in [6.07, 6.45) is 70.6. The highest BCUT2D eigenvalue weighted by atomic mass is 16.7. The van der Waals surface area contributed by atoms with E-state index in [9.17, 15) is 30.3 Å². The van der Waals surface area contributed by atoms with Crippen LogP contribution >= 0.6 is 0 Å². The molecule has 6 N–H and O–H groups in total. The Morgan fingerprint density at radius 1 is 0.473 bits per heavy atom. The first kappa shape index (κ1) is 69.1. The Hall–Kier alpha value is -2.89. The molecule has 0 bridgehead atoms. The smallest absolute Gasteiger partial charge is 0.220 e. The molecule has 1 heterocycles. The van der Waals surface area contributed by atoms with Crippen molar-refractivity contribution in [2.45, 2.75) is 294 Å². The SMILES string of the molecule is CC/C=C\C/C=C\C/C=C\C/C=C\C/C=C\C/C=C\CCCCCCCCCCCCCCCCCCC(=O)NC(COC1OC(CO)C(O)C(O)C1O)C(O)/C=C/CC/C=C/CCCCCCCCCCCC. The zero-order chi connectivity index (χ0) is 53.6. The molecule has 7 unspecified atom stereocenters. The number of unbranched alkanes of at least 4 members (excludes halogenated alkanes) is 27. The fourth-order valence-electron chi connectivity index (χ4n) is 9.12. The molecular formula is C65H113NO8. The molecule has 0 aromatic carbocycles. The lowest BCUT2D eigenvalue weighted by Gasteiger charge is -2.40. The molecule has 9 heteroatoms. The van der Waals surface area contributed by atoms with Gasteiger partial charge in [-0.2, -0.15) is 0 Å². The van der Waals surface area contributed by atoms with Gasteiger partial charge >= 0.3 is 0 Å². The highest BCUT2D eigenvalue weighted by molar-refractivity contribution is 5.76. The topological polar surface area (TPSA) is 149 Å². The lowest BCUT2D eigenvalue weighted by Crippen LogP contribution is -2.60. The van der Waals surface area contributed by atoms with Crippen LogP contribution in [0.25, 0.3) is 0 Å². The van der Waals surface area contributed by atoms with Crippen LogP contribution in [0.4, 0.5) is 0 Å². The molecule has 1 amide bonds. The van der Waals surface area contributed by atoms with Crippen LogP contribution in [0.15, 0.2) is 97.2 Å². The Labute approximate surface area is 453 Å². The minimum absolute atomic E-state index is 0.188. The van der Waals surface area contributed by atoms with Crippen LogP contribution < -0.4 is 5.32 Å². The first-order chi connectivity index (χ1) is 36.3. The number of aliphatic hydroxyl groups excluding tert-OH is 5. The third-order valence-electron chi connectivity index (χ3n) is 13.9. The highest BCUT2D eigenvalue weighted by Crippen LogP contribution is 2.23. The van der Waals surface area contributed by atoms with Gasteiger partial charge in [0.2, 0.25) is 5.91 Å². The molecule has 0 aliphatic carbocycles. The van der Waals surface area contributed by atoms with Crippen molar-refractivity contribution in [2.75, 3.05) is 13.2 Å². The van der Waals surface area contributed by atoms with Crippen molar-refractivity contribution >= 4 is 5.91 Å². The Morgan fingerprint density at radius 2 is 0.851 bits per heavy atom. The lowest BCUT2D eigenvalue weighted by atomic mass is 9.99. The normalized spacial score (nSPS) is 19.7. The van der Waals surface area contributed by atoms with Crippen LogP contribution in [0.5, 0.6) is 0 Å². The van der Waals surface area contributed by atoms with E-state index in [1.165, 1.54) is 154 Å². The van der Waals surface area contributed by atoms with E-state index in [2.05, 4.69) is 104 Å². The zero-order valence-corrected chi connectivity index (χ0v) is 47.3. The second-order valence-electron chi connectivity index (χ2n) is 20.8. The van der Waals surface area contributed by atoms with E-state index in [1.54, 1.807) is 6.08 Å². The third kappa shape index (κ3) is 42.2. The summed E-state index contributed by atoms with van der Waals surface area (Å²) in [5.74, 6) is -0.188. The number of nitrogens with one attached hydrogen (secondary N) is 1. The van der Waals surface area contributed by atoms with Gasteiger partial charge in [0.15, 0.2) is 6.29 Å². The number of amides is 1. The average Bonchev–Trinajstić information content (AvgIpc) is 3.40. The number of carbonyl (C=O) groups is 1. The van der Waals surface area contributed by atoms with E-state index in [0.717, 1.165) is 77.0 Å². The number of carbonyl (C=O) groups excluding carboxylic acids is 1. The zero-order valence-electron chi connectivity index (χ0n) is 47.3. The molecule has 1 saturated heterocycles. The molecule has 0 aromatic rings. The molecule has 74 heavy (non-hydrogen) atoms. The highest BCUT2D eigenvalue weighted by Gasteiger charge is 2.44. The molecule has 7 atom stereocenters. The van der Waals surface area contributed by atoms with Crippen molar-refractivity contribution in [3.8, 4) is 0 Å². The number of ether oxygens (including phenoxy) is 2. The molecule has 1 aliphatic rings. The monoisotopic (exact) mass is 1040 g/mol. The molecule has 0 saturated carbocycles.